The first-order valence-corrected chi connectivity index (χ1v) is 6.64. The second kappa shape index (κ2) is 7.06. The van der Waals surface area contributed by atoms with Crippen LogP contribution in [0.25, 0.3) is 0 Å². The minimum absolute atomic E-state index is 0.131. The predicted octanol–water partition coefficient (Wildman–Crippen LogP) is 3.77. The van der Waals surface area contributed by atoms with Crippen LogP contribution in [0.15, 0.2) is 0 Å². The SMILES string of the molecule is CC(C)C(CCCl)NC(=O)c1c(F)c(F)c(F)c(F)c1F. The molecule has 2 nitrogen and oxygen atoms in total. The number of hydrogen-bond donors (Lipinski definition) is 1. The van der Waals surface area contributed by atoms with Gasteiger partial charge < -0.3 is 5.32 Å². The molecule has 1 amide bonds. The van der Waals surface area contributed by atoms with Crippen molar-refractivity contribution in [2.45, 2.75) is 26.3 Å². The molecule has 0 radical (unpaired) electrons. The summed E-state index contributed by atoms with van der Waals surface area (Å²) < 4.78 is 66.0. The molecule has 0 saturated carbocycles. The summed E-state index contributed by atoms with van der Waals surface area (Å²) in [5.41, 5.74) is -1.49. The van der Waals surface area contributed by atoms with Crippen molar-refractivity contribution in [3.05, 3.63) is 34.6 Å². The monoisotopic (exact) mass is 329 g/mol. The standard InChI is InChI=1S/C13H13ClF5NO/c1-5(2)6(3-4-14)20-13(21)7-8(15)10(17)12(19)11(18)9(7)16/h5-6H,3-4H2,1-2H3,(H,20,21). The summed E-state index contributed by atoms with van der Waals surface area (Å²) >= 11 is 5.53. The molecule has 0 aromatic heterocycles. The van der Waals surface area contributed by atoms with Gasteiger partial charge in [-0.3, -0.25) is 4.79 Å². The topological polar surface area (TPSA) is 29.1 Å². The van der Waals surface area contributed by atoms with E-state index >= 15 is 0 Å². The molecule has 1 aromatic carbocycles. The summed E-state index contributed by atoms with van der Waals surface area (Å²) in [5.74, 6) is -12.3. The summed E-state index contributed by atoms with van der Waals surface area (Å²) in [6.07, 6.45) is 0.292. The number of rotatable bonds is 5. The van der Waals surface area contributed by atoms with Crippen molar-refractivity contribution < 1.29 is 26.7 Å². The van der Waals surface area contributed by atoms with Crippen LogP contribution in [0.1, 0.15) is 30.6 Å². The van der Waals surface area contributed by atoms with Crippen molar-refractivity contribution in [2.75, 3.05) is 5.88 Å². The molecular weight excluding hydrogens is 317 g/mol. The maximum atomic E-state index is 13.5. The van der Waals surface area contributed by atoms with Crippen LogP contribution in [-0.2, 0) is 0 Å². The molecule has 0 aliphatic carbocycles. The predicted molar refractivity (Wildman–Crippen MR) is 67.7 cm³/mol. The van der Waals surface area contributed by atoms with E-state index in [4.69, 9.17) is 11.6 Å². The Bertz CT molecular complexity index is 521. The zero-order chi connectivity index (χ0) is 16.3. The largest absolute Gasteiger partial charge is 0.349 e. The minimum Gasteiger partial charge on any atom is -0.349 e. The Labute approximate surface area is 123 Å². The smallest absolute Gasteiger partial charge is 0.257 e. The van der Waals surface area contributed by atoms with Crippen molar-refractivity contribution in [3.63, 3.8) is 0 Å². The highest BCUT2D eigenvalue weighted by atomic mass is 35.5. The van der Waals surface area contributed by atoms with E-state index in [0.29, 0.717) is 6.42 Å². The third-order valence-corrected chi connectivity index (χ3v) is 3.20. The van der Waals surface area contributed by atoms with E-state index in [1.807, 2.05) is 0 Å². The van der Waals surface area contributed by atoms with Gasteiger partial charge in [-0.15, -0.1) is 11.6 Å². The van der Waals surface area contributed by atoms with E-state index in [9.17, 15) is 26.7 Å². The van der Waals surface area contributed by atoms with Crippen LogP contribution in [0, 0.1) is 35.0 Å². The molecule has 1 N–H and O–H groups in total. The Kier molecular flexibility index (Phi) is 5.95. The molecule has 8 heteroatoms. The molecule has 118 valence electrons. The van der Waals surface area contributed by atoms with Crippen LogP contribution in [0.3, 0.4) is 0 Å². The molecule has 0 saturated heterocycles. The fourth-order valence-corrected chi connectivity index (χ4v) is 1.97. The first kappa shape index (κ1) is 17.7. The van der Waals surface area contributed by atoms with Gasteiger partial charge in [-0.25, -0.2) is 22.0 Å². The van der Waals surface area contributed by atoms with Crippen molar-refractivity contribution in [3.8, 4) is 0 Å². The molecule has 1 aromatic rings. The molecule has 0 fully saturated rings. The van der Waals surface area contributed by atoms with E-state index in [1.165, 1.54) is 0 Å². The molecule has 0 aliphatic rings. The molecule has 0 bridgehead atoms. The van der Waals surface area contributed by atoms with Gasteiger partial charge in [0.1, 0.15) is 5.56 Å². The first-order valence-electron chi connectivity index (χ1n) is 6.10. The lowest BCUT2D eigenvalue weighted by Gasteiger charge is -2.21. The summed E-state index contributed by atoms with van der Waals surface area (Å²) in [6.45, 7) is 3.44. The Hall–Kier alpha value is -1.37. The lowest BCUT2D eigenvalue weighted by molar-refractivity contribution is 0.0913. The average Bonchev–Trinajstić information content (AvgIpc) is 2.42. The van der Waals surface area contributed by atoms with Gasteiger partial charge in [-0.05, 0) is 12.3 Å². The van der Waals surface area contributed by atoms with Crippen molar-refractivity contribution >= 4 is 17.5 Å². The average molecular weight is 330 g/mol. The summed E-state index contributed by atoms with van der Waals surface area (Å²) in [4.78, 5) is 11.8. The normalized spacial score (nSPS) is 12.6. The number of alkyl halides is 1. The number of halogens is 6. The van der Waals surface area contributed by atoms with E-state index in [1.54, 1.807) is 13.8 Å². The van der Waals surface area contributed by atoms with E-state index in [2.05, 4.69) is 5.32 Å². The lowest BCUT2D eigenvalue weighted by atomic mass is 10.0. The van der Waals surface area contributed by atoms with Gasteiger partial charge >= 0.3 is 0 Å². The Morgan fingerprint density at radius 2 is 1.43 bits per heavy atom. The van der Waals surface area contributed by atoms with Gasteiger partial charge in [-0.1, -0.05) is 13.8 Å². The Balaban J connectivity index is 3.19. The fraction of sp³-hybridized carbons (Fsp3) is 0.462. The molecule has 21 heavy (non-hydrogen) atoms. The second-order valence-electron chi connectivity index (χ2n) is 4.75. The van der Waals surface area contributed by atoms with Crippen LogP contribution in [-0.4, -0.2) is 17.8 Å². The Morgan fingerprint density at radius 1 is 1.00 bits per heavy atom. The molecule has 1 unspecified atom stereocenters. The van der Waals surface area contributed by atoms with Crippen LogP contribution in [0.4, 0.5) is 22.0 Å². The number of benzene rings is 1. The molecule has 1 atom stereocenters. The number of hydrogen-bond acceptors (Lipinski definition) is 1. The summed E-state index contributed by atoms with van der Waals surface area (Å²) in [5, 5.41) is 2.23. The molecule has 0 spiro atoms. The van der Waals surface area contributed by atoms with Gasteiger partial charge in [0.25, 0.3) is 5.91 Å². The molecule has 1 rings (SSSR count). The van der Waals surface area contributed by atoms with Crippen molar-refractivity contribution in [2.24, 2.45) is 5.92 Å². The molecule has 0 heterocycles. The van der Waals surface area contributed by atoms with E-state index in [0.717, 1.165) is 0 Å². The van der Waals surface area contributed by atoms with Crippen LogP contribution in [0.5, 0.6) is 0 Å². The maximum Gasteiger partial charge on any atom is 0.257 e. The second-order valence-corrected chi connectivity index (χ2v) is 5.12. The highest BCUT2D eigenvalue weighted by Gasteiger charge is 2.30. The Morgan fingerprint density at radius 3 is 1.81 bits per heavy atom. The third kappa shape index (κ3) is 3.64. The van der Waals surface area contributed by atoms with Gasteiger partial charge in [0.2, 0.25) is 5.82 Å². The van der Waals surface area contributed by atoms with Crippen LogP contribution in [0.2, 0.25) is 0 Å². The number of carbonyl (C=O) groups is 1. The van der Waals surface area contributed by atoms with Crippen LogP contribution >= 0.6 is 11.6 Å². The van der Waals surface area contributed by atoms with E-state index in [-0.39, 0.29) is 11.8 Å². The van der Waals surface area contributed by atoms with E-state index < -0.39 is 46.6 Å². The third-order valence-electron chi connectivity index (χ3n) is 2.98. The maximum absolute atomic E-state index is 13.5. The summed E-state index contributed by atoms with van der Waals surface area (Å²) in [6, 6.07) is -0.551. The quantitative estimate of drug-likeness (QED) is 0.379. The number of carbonyl (C=O) groups excluding carboxylic acids is 1. The highest BCUT2D eigenvalue weighted by Crippen LogP contribution is 2.23. The summed E-state index contributed by atoms with van der Waals surface area (Å²) in [7, 11) is 0. The first-order chi connectivity index (χ1) is 9.72. The van der Waals surface area contributed by atoms with Crippen LogP contribution < -0.4 is 5.32 Å². The van der Waals surface area contributed by atoms with Crippen molar-refractivity contribution in [1.82, 2.24) is 5.32 Å². The molecular formula is C13H13ClF5NO. The fourth-order valence-electron chi connectivity index (χ4n) is 1.73. The van der Waals surface area contributed by atoms with Crippen molar-refractivity contribution in [1.29, 1.82) is 0 Å². The number of nitrogens with one attached hydrogen (secondary N) is 1. The number of amides is 1. The van der Waals surface area contributed by atoms with Gasteiger partial charge in [-0.2, -0.15) is 0 Å². The molecule has 0 aliphatic heterocycles. The minimum atomic E-state index is -2.30. The highest BCUT2D eigenvalue weighted by molar-refractivity contribution is 6.17. The lowest BCUT2D eigenvalue weighted by Crippen LogP contribution is -2.40. The van der Waals surface area contributed by atoms with Gasteiger partial charge in [0, 0.05) is 11.9 Å². The zero-order valence-corrected chi connectivity index (χ0v) is 12.0. The zero-order valence-electron chi connectivity index (χ0n) is 11.2. The van der Waals surface area contributed by atoms with Gasteiger partial charge in [0.15, 0.2) is 23.3 Å². The van der Waals surface area contributed by atoms with Gasteiger partial charge in [0.05, 0.1) is 0 Å².